The minimum absolute atomic E-state index is 0.103. The first-order valence-electron chi connectivity index (χ1n) is 4.23. The molecule has 1 heterocycles. The van der Waals surface area contributed by atoms with Gasteiger partial charge in [0.2, 0.25) is 5.78 Å². The lowest BCUT2D eigenvalue weighted by atomic mass is 10.4. The van der Waals surface area contributed by atoms with Gasteiger partial charge in [0, 0.05) is 19.4 Å². The fraction of sp³-hybridized carbons (Fsp3) is 0.556. The van der Waals surface area contributed by atoms with Crippen LogP contribution in [0.1, 0.15) is 24.5 Å². The second kappa shape index (κ2) is 4.46. The van der Waals surface area contributed by atoms with E-state index >= 15 is 0 Å². The van der Waals surface area contributed by atoms with Crippen LogP contribution in [0.4, 0.5) is 0 Å². The molecule has 13 heavy (non-hydrogen) atoms. The van der Waals surface area contributed by atoms with E-state index in [-0.39, 0.29) is 5.78 Å². The molecule has 0 aliphatic carbocycles. The molecule has 0 atom stereocenters. The summed E-state index contributed by atoms with van der Waals surface area (Å²) in [6, 6.07) is 0. The van der Waals surface area contributed by atoms with Gasteiger partial charge < -0.3 is 4.57 Å². The molecule has 0 spiro atoms. The number of Topliss-reactive ketones (excluding diaryl/α,β-unsaturated/α-hetero) is 1. The number of carbonyl (C=O) groups is 1. The number of nitrogens with zero attached hydrogens (tertiary/aromatic N) is 2. The standard InChI is InChI=1S/C9H14N2OS/c1-7(2)13-6-8(12)9-10-4-5-11(9)3/h4-5,7H,6H2,1-3H3. The Balaban J connectivity index is 2.54. The lowest BCUT2D eigenvalue weighted by molar-refractivity contribution is 0.101. The van der Waals surface area contributed by atoms with Crippen LogP contribution in [0.5, 0.6) is 0 Å². The molecule has 0 saturated carbocycles. The van der Waals surface area contributed by atoms with Crippen molar-refractivity contribution in [3.63, 3.8) is 0 Å². The van der Waals surface area contributed by atoms with Crippen LogP contribution in [0, 0.1) is 0 Å². The number of hydrogen-bond donors (Lipinski definition) is 0. The molecule has 0 radical (unpaired) electrons. The Morgan fingerprint density at radius 2 is 2.38 bits per heavy atom. The van der Waals surface area contributed by atoms with Crippen molar-refractivity contribution in [2.75, 3.05) is 5.75 Å². The second-order valence-corrected chi connectivity index (χ2v) is 4.71. The molecule has 1 aromatic heterocycles. The maximum absolute atomic E-state index is 11.5. The largest absolute Gasteiger partial charge is 0.332 e. The van der Waals surface area contributed by atoms with Crippen molar-refractivity contribution in [3.8, 4) is 0 Å². The molecule has 0 aliphatic rings. The third-order valence-electron chi connectivity index (χ3n) is 1.62. The Hall–Kier alpha value is -0.770. The number of carbonyl (C=O) groups excluding carboxylic acids is 1. The van der Waals surface area contributed by atoms with Crippen LogP contribution in [0.2, 0.25) is 0 Å². The maximum Gasteiger partial charge on any atom is 0.208 e. The number of hydrogen-bond acceptors (Lipinski definition) is 3. The van der Waals surface area contributed by atoms with Crippen molar-refractivity contribution in [2.24, 2.45) is 7.05 Å². The summed E-state index contributed by atoms with van der Waals surface area (Å²) in [6.07, 6.45) is 3.43. The van der Waals surface area contributed by atoms with Gasteiger partial charge in [-0.2, -0.15) is 11.8 Å². The summed E-state index contributed by atoms with van der Waals surface area (Å²) in [5.41, 5.74) is 0. The van der Waals surface area contributed by atoms with Crippen LogP contribution < -0.4 is 0 Å². The molecule has 0 N–H and O–H groups in total. The van der Waals surface area contributed by atoms with Crippen LogP contribution >= 0.6 is 11.8 Å². The maximum atomic E-state index is 11.5. The Kier molecular flexibility index (Phi) is 3.54. The molecule has 72 valence electrons. The minimum Gasteiger partial charge on any atom is -0.332 e. The minimum atomic E-state index is 0.103. The molecular weight excluding hydrogens is 184 g/mol. The van der Waals surface area contributed by atoms with Gasteiger partial charge in [0.05, 0.1) is 5.75 Å². The highest BCUT2D eigenvalue weighted by Gasteiger charge is 2.11. The lowest BCUT2D eigenvalue weighted by Gasteiger charge is -2.03. The van der Waals surface area contributed by atoms with Crippen LogP contribution in [0.15, 0.2) is 12.4 Å². The zero-order valence-corrected chi connectivity index (χ0v) is 8.97. The molecular formula is C9H14N2OS. The van der Waals surface area contributed by atoms with E-state index in [0.29, 0.717) is 16.8 Å². The summed E-state index contributed by atoms with van der Waals surface area (Å²) < 4.78 is 1.75. The van der Waals surface area contributed by atoms with E-state index in [4.69, 9.17) is 0 Å². The summed E-state index contributed by atoms with van der Waals surface area (Å²) >= 11 is 1.64. The van der Waals surface area contributed by atoms with Gasteiger partial charge in [-0.05, 0) is 5.25 Å². The van der Waals surface area contributed by atoms with Gasteiger partial charge in [0.25, 0.3) is 0 Å². The molecule has 0 amide bonds. The third-order valence-corrected chi connectivity index (χ3v) is 2.71. The van der Waals surface area contributed by atoms with Gasteiger partial charge in [-0.3, -0.25) is 4.79 Å². The fourth-order valence-corrected chi connectivity index (χ4v) is 1.56. The zero-order chi connectivity index (χ0) is 9.84. The van der Waals surface area contributed by atoms with Crippen LogP contribution in [0.3, 0.4) is 0 Å². The first-order chi connectivity index (χ1) is 6.11. The molecule has 0 saturated heterocycles. The molecule has 0 bridgehead atoms. The second-order valence-electron chi connectivity index (χ2n) is 3.14. The van der Waals surface area contributed by atoms with Gasteiger partial charge in [-0.1, -0.05) is 13.8 Å². The van der Waals surface area contributed by atoms with Gasteiger partial charge in [-0.25, -0.2) is 4.98 Å². The average Bonchev–Trinajstić information content (AvgIpc) is 2.47. The normalized spacial score (nSPS) is 10.8. The highest BCUT2D eigenvalue weighted by atomic mass is 32.2. The monoisotopic (exact) mass is 198 g/mol. The first kappa shape index (κ1) is 10.3. The molecule has 0 fully saturated rings. The summed E-state index contributed by atoms with van der Waals surface area (Å²) in [4.78, 5) is 15.5. The van der Waals surface area contributed by atoms with E-state index in [1.807, 2.05) is 7.05 Å². The van der Waals surface area contributed by atoms with Crippen molar-refractivity contribution >= 4 is 17.5 Å². The highest BCUT2D eigenvalue weighted by molar-refractivity contribution is 8.00. The number of ketones is 1. The Morgan fingerprint density at radius 3 is 2.85 bits per heavy atom. The third kappa shape index (κ3) is 2.88. The predicted molar refractivity (Wildman–Crippen MR) is 55.1 cm³/mol. The highest BCUT2D eigenvalue weighted by Crippen LogP contribution is 2.11. The van der Waals surface area contributed by atoms with E-state index in [0.717, 1.165) is 0 Å². The van der Waals surface area contributed by atoms with Crippen LogP contribution in [0.25, 0.3) is 0 Å². The number of rotatable bonds is 4. The Bertz CT molecular complexity index is 294. The number of aromatic nitrogens is 2. The van der Waals surface area contributed by atoms with Crippen LogP contribution in [-0.4, -0.2) is 26.3 Å². The van der Waals surface area contributed by atoms with E-state index in [9.17, 15) is 4.79 Å². The molecule has 0 aliphatic heterocycles. The number of imidazole rings is 1. The van der Waals surface area contributed by atoms with Crippen molar-refractivity contribution in [2.45, 2.75) is 19.1 Å². The molecule has 4 heteroatoms. The van der Waals surface area contributed by atoms with Gasteiger partial charge in [0.1, 0.15) is 0 Å². The summed E-state index contributed by atoms with van der Waals surface area (Å²) in [5, 5.41) is 0.490. The van der Waals surface area contributed by atoms with Gasteiger partial charge in [-0.15, -0.1) is 0 Å². The molecule has 0 unspecified atom stereocenters. The van der Waals surface area contributed by atoms with E-state index in [1.54, 1.807) is 28.7 Å². The SMILES string of the molecule is CC(C)SCC(=O)c1nccn1C. The first-order valence-corrected chi connectivity index (χ1v) is 5.28. The topological polar surface area (TPSA) is 34.9 Å². The molecule has 1 aromatic rings. The van der Waals surface area contributed by atoms with E-state index in [1.165, 1.54) is 0 Å². The average molecular weight is 198 g/mol. The van der Waals surface area contributed by atoms with Gasteiger partial charge in [0.15, 0.2) is 5.82 Å². The van der Waals surface area contributed by atoms with Crippen molar-refractivity contribution in [1.29, 1.82) is 0 Å². The zero-order valence-electron chi connectivity index (χ0n) is 8.15. The van der Waals surface area contributed by atoms with E-state index in [2.05, 4.69) is 18.8 Å². The quantitative estimate of drug-likeness (QED) is 0.691. The van der Waals surface area contributed by atoms with Crippen molar-refractivity contribution in [1.82, 2.24) is 9.55 Å². The smallest absolute Gasteiger partial charge is 0.208 e. The summed E-state index contributed by atoms with van der Waals surface area (Å²) in [7, 11) is 1.83. The summed E-state index contributed by atoms with van der Waals surface area (Å²) in [6.45, 7) is 4.16. The molecule has 0 aromatic carbocycles. The summed E-state index contributed by atoms with van der Waals surface area (Å²) in [5.74, 6) is 1.17. The predicted octanol–water partition coefficient (Wildman–Crippen LogP) is 1.74. The van der Waals surface area contributed by atoms with E-state index < -0.39 is 0 Å². The van der Waals surface area contributed by atoms with Gasteiger partial charge >= 0.3 is 0 Å². The molecule has 3 nitrogen and oxygen atoms in total. The van der Waals surface area contributed by atoms with Crippen LogP contribution in [-0.2, 0) is 7.05 Å². The van der Waals surface area contributed by atoms with Crippen molar-refractivity contribution in [3.05, 3.63) is 18.2 Å². The Morgan fingerprint density at radius 1 is 1.69 bits per heavy atom. The number of thioether (sulfide) groups is 1. The molecule has 1 rings (SSSR count). The van der Waals surface area contributed by atoms with Crippen molar-refractivity contribution < 1.29 is 4.79 Å². The Labute approximate surface area is 82.5 Å². The number of aryl methyl sites for hydroxylation is 1. The lowest BCUT2D eigenvalue weighted by Crippen LogP contribution is -2.10. The fourth-order valence-electron chi connectivity index (χ4n) is 0.941.